The zero-order valence-corrected chi connectivity index (χ0v) is 17.1. The molecule has 0 unspecified atom stereocenters. The summed E-state index contributed by atoms with van der Waals surface area (Å²) in [7, 11) is 0. The first-order valence-electron chi connectivity index (χ1n) is 10.2. The predicted octanol–water partition coefficient (Wildman–Crippen LogP) is 5.62. The van der Waals surface area contributed by atoms with Crippen molar-refractivity contribution < 1.29 is 14.6 Å². The smallest absolute Gasteiger partial charge is 0.159 e. The van der Waals surface area contributed by atoms with Gasteiger partial charge in [-0.15, -0.1) is 19.7 Å². The van der Waals surface area contributed by atoms with Crippen LogP contribution in [0.5, 0.6) is 11.5 Å². The Labute approximate surface area is 177 Å². The van der Waals surface area contributed by atoms with Gasteiger partial charge in [0.25, 0.3) is 0 Å². The van der Waals surface area contributed by atoms with Crippen LogP contribution in [-0.4, -0.2) is 17.0 Å². The summed E-state index contributed by atoms with van der Waals surface area (Å²) in [5.74, 6) is 1.000. The number of benzene rings is 2. The van der Waals surface area contributed by atoms with E-state index in [1.165, 1.54) is 0 Å². The summed E-state index contributed by atoms with van der Waals surface area (Å²) in [5.41, 5.74) is 4.33. The van der Waals surface area contributed by atoms with Crippen LogP contribution in [-0.2, 0) is 23.1 Å². The van der Waals surface area contributed by atoms with E-state index in [9.17, 15) is 9.90 Å². The maximum absolute atomic E-state index is 12.1. The van der Waals surface area contributed by atoms with Gasteiger partial charge in [0.1, 0.15) is 17.6 Å². The topological polar surface area (TPSA) is 46.5 Å². The van der Waals surface area contributed by atoms with Gasteiger partial charge in [-0.3, -0.25) is 4.79 Å². The summed E-state index contributed by atoms with van der Waals surface area (Å²) in [6.45, 7) is 11.6. The quantitative estimate of drug-likeness (QED) is 0.616. The second-order valence-corrected chi connectivity index (χ2v) is 8.00. The molecule has 0 spiro atoms. The molecular weight excluding hydrogens is 372 g/mol. The Balaban J connectivity index is 1.97. The molecule has 2 aromatic rings. The lowest BCUT2D eigenvalue weighted by molar-refractivity contribution is -0.117. The minimum absolute atomic E-state index is 0.0659. The van der Waals surface area contributed by atoms with Crippen LogP contribution >= 0.6 is 0 Å². The number of hydrogen-bond donors (Lipinski definition) is 1. The molecule has 0 saturated heterocycles. The average molecular weight is 399 g/mol. The number of rotatable bonds is 7. The van der Waals surface area contributed by atoms with Crippen LogP contribution < -0.4 is 4.74 Å². The zero-order valence-electron chi connectivity index (χ0n) is 17.1. The normalized spacial score (nSPS) is 21.5. The maximum Gasteiger partial charge on any atom is 0.159 e. The van der Waals surface area contributed by atoms with Crippen molar-refractivity contribution in [1.29, 1.82) is 0 Å². The average Bonchev–Trinajstić information content (AvgIpc) is 3.03. The molecule has 0 radical (unpaired) electrons. The first kappa shape index (κ1) is 20.0. The summed E-state index contributed by atoms with van der Waals surface area (Å²) >= 11 is 0. The molecule has 3 nitrogen and oxygen atoms in total. The van der Waals surface area contributed by atoms with Gasteiger partial charge in [0.2, 0.25) is 0 Å². The number of aromatic hydroxyl groups is 1. The molecule has 0 fully saturated rings. The van der Waals surface area contributed by atoms with E-state index >= 15 is 0 Å². The van der Waals surface area contributed by atoms with E-state index in [0.29, 0.717) is 25.7 Å². The van der Waals surface area contributed by atoms with Crippen molar-refractivity contribution in [3.63, 3.8) is 0 Å². The fourth-order valence-electron chi connectivity index (χ4n) is 4.62. The van der Waals surface area contributed by atoms with E-state index in [-0.39, 0.29) is 17.6 Å². The molecule has 0 aromatic heterocycles. The van der Waals surface area contributed by atoms with Crippen LogP contribution in [0.1, 0.15) is 29.5 Å². The summed E-state index contributed by atoms with van der Waals surface area (Å²) in [4.78, 5) is 12.1. The number of ether oxygens (including phenoxy) is 1. The standard InChI is InChI=1S/C27H26O3/c1-4-7-18-9-10-24(29)21(14-18)22-15-19(8-5-2)16-23-26(22)30-25-17-20(28)11-13-27(23,25)12-6-3/h4-6,9-11,13-16,25,29H,1-3,7-8,12,17H2/t25-,27-/m1/s1. The molecule has 2 atom stereocenters. The van der Waals surface area contributed by atoms with Crippen molar-refractivity contribution in [3.8, 4) is 22.6 Å². The van der Waals surface area contributed by atoms with Crippen molar-refractivity contribution in [3.05, 3.63) is 97.1 Å². The lowest BCUT2D eigenvalue weighted by Crippen LogP contribution is -2.40. The number of carbonyl (C=O) groups is 1. The first-order chi connectivity index (χ1) is 14.5. The maximum atomic E-state index is 12.1. The van der Waals surface area contributed by atoms with Gasteiger partial charge in [0.15, 0.2) is 5.78 Å². The van der Waals surface area contributed by atoms with Crippen molar-refractivity contribution in [1.82, 2.24) is 0 Å². The Morgan fingerprint density at radius 3 is 2.50 bits per heavy atom. The third-order valence-corrected chi connectivity index (χ3v) is 6.03. The fourth-order valence-corrected chi connectivity index (χ4v) is 4.62. The number of allylic oxidation sites excluding steroid dienone is 4. The van der Waals surface area contributed by atoms with Crippen LogP contribution in [0.15, 0.2) is 80.4 Å². The van der Waals surface area contributed by atoms with Crippen LogP contribution in [0.4, 0.5) is 0 Å². The molecule has 0 saturated carbocycles. The van der Waals surface area contributed by atoms with Gasteiger partial charge in [-0.1, -0.05) is 36.4 Å². The van der Waals surface area contributed by atoms with E-state index in [4.69, 9.17) is 4.74 Å². The Morgan fingerprint density at radius 2 is 1.77 bits per heavy atom. The van der Waals surface area contributed by atoms with E-state index in [1.807, 2.05) is 36.4 Å². The number of fused-ring (bicyclic) bond motifs is 3. The molecule has 30 heavy (non-hydrogen) atoms. The SMILES string of the molecule is C=CCc1ccc(O)c(-c2cc(CC=C)cc3c2O[C@@H]2CC(=O)C=C[C@]32CC=C)c1. The van der Waals surface area contributed by atoms with Gasteiger partial charge in [-0.05, 0) is 54.7 Å². The number of ketones is 1. The van der Waals surface area contributed by atoms with Gasteiger partial charge in [0, 0.05) is 23.1 Å². The van der Waals surface area contributed by atoms with Crippen LogP contribution in [0.2, 0.25) is 0 Å². The molecule has 3 heteroatoms. The third-order valence-electron chi connectivity index (χ3n) is 6.03. The highest BCUT2D eigenvalue weighted by Gasteiger charge is 2.50. The van der Waals surface area contributed by atoms with Gasteiger partial charge in [-0.2, -0.15) is 0 Å². The van der Waals surface area contributed by atoms with Crippen molar-refractivity contribution in [2.24, 2.45) is 0 Å². The number of carbonyl (C=O) groups excluding carboxylic acids is 1. The summed E-state index contributed by atoms with van der Waals surface area (Å²) in [6, 6.07) is 9.80. The predicted molar refractivity (Wildman–Crippen MR) is 121 cm³/mol. The molecular formula is C27H26O3. The Bertz CT molecular complexity index is 1080. The Morgan fingerprint density at radius 1 is 1.03 bits per heavy atom. The van der Waals surface area contributed by atoms with Crippen molar-refractivity contribution >= 4 is 5.78 Å². The minimum atomic E-state index is -0.425. The van der Waals surface area contributed by atoms with E-state index in [2.05, 4.69) is 31.9 Å². The molecule has 1 heterocycles. The minimum Gasteiger partial charge on any atom is -0.507 e. The molecule has 4 rings (SSSR count). The van der Waals surface area contributed by atoms with Gasteiger partial charge in [0.05, 0.1) is 5.41 Å². The second kappa shape index (κ2) is 7.83. The lowest BCUT2D eigenvalue weighted by atomic mass is 9.69. The second-order valence-electron chi connectivity index (χ2n) is 8.00. The number of phenolic OH excluding ortho intramolecular Hbond substituents is 1. The molecule has 2 aromatic carbocycles. The monoisotopic (exact) mass is 398 g/mol. The zero-order chi connectivity index (χ0) is 21.3. The fraction of sp³-hybridized carbons (Fsp3) is 0.222. The van der Waals surface area contributed by atoms with Crippen LogP contribution in [0, 0.1) is 0 Å². The summed E-state index contributed by atoms with van der Waals surface area (Å²) in [6.07, 6.45) is 11.4. The highest BCUT2D eigenvalue weighted by Crippen LogP contribution is 2.54. The van der Waals surface area contributed by atoms with Gasteiger partial charge in [-0.25, -0.2) is 0 Å². The largest absolute Gasteiger partial charge is 0.507 e. The first-order valence-corrected chi connectivity index (χ1v) is 10.2. The number of phenols is 1. The highest BCUT2D eigenvalue weighted by molar-refractivity contribution is 5.93. The molecule has 0 amide bonds. The van der Waals surface area contributed by atoms with Gasteiger partial charge < -0.3 is 9.84 Å². The third kappa shape index (κ3) is 3.21. The molecule has 1 aliphatic carbocycles. The van der Waals surface area contributed by atoms with Crippen LogP contribution in [0.3, 0.4) is 0 Å². The number of hydrogen-bond acceptors (Lipinski definition) is 3. The Kier molecular flexibility index (Phi) is 5.21. The molecule has 152 valence electrons. The molecule has 1 N–H and O–H groups in total. The van der Waals surface area contributed by atoms with Crippen molar-refractivity contribution in [2.75, 3.05) is 0 Å². The van der Waals surface area contributed by atoms with E-state index < -0.39 is 5.41 Å². The molecule has 2 aliphatic rings. The summed E-state index contributed by atoms with van der Waals surface area (Å²) < 4.78 is 6.43. The van der Waals surface area contributed by atoms with Crippen LogP contribution in [0.25, 0.3) is 11.1 Å². The highest BCUT2D eigenvalue weighted by atomic mass is 16.5. The lowest BCUT2D eigenvalue weighted by Gasteiger charge is -2.32. The summed E-state index contributed by atoms with van der Waals surface area (Å²) in [5, 5.41) is 10.7. The van der Waals surface area contributed by atoms with Gasteiger partial charge >= 0.3 is 0 Å². The molecule has 1 aliphatic heterocycles. The van der Waals surface area contributed by atoms with Crippen molar-refractivity contribution in [2.45, 2.75) is 37.2 Å². The van der Waals surface area contributed by atoms with E-state index in [0.717, 1.165) is 33.6 Å². The molecule has 0 bridgehead atoms. The van der Waals surface area contributed by atoms with E-state index in [1.54, 1.807) is 12.1 Å². The Hall–Kier alpha value is -3.33.